The van der Waals surface area contributed by atoms with Crippen LogP contribution in [0.3, 0.4) is 0 Å². The zero-order chi connectivity index (χ0) is 12.3. The first-order valence-electron chi connectivity index (χ1n) is 5.47. The molecule has 2 unspecified atom stereocenters. The van der Waals surface area contributed by atoms with E-state index in [0.29, 0.717) is 6.61 Å². The first kappa shape index (κ1) is 12.7. The lowest BCUT2D eigenvalue weighted by atomic mass is 10.1. The fraction of sp³-hybridized carbons (Fsp3) is 0.667. The van der Waals surface area contributed by atoms with Crippen molar-refractivity contribution in [3.63, 3.8) is 0 Å². The summed E-state index contributed by atoms with van der Waals surface area (Å²) < 4.78 is 4.84. The summed E-state index contributed by atoms with van der Waals surface area (Å²) in [6, 6.07) is 0. The largest absolute Gasteiger partial charge is 0.550 e. The summed E-state index contributed by atoms with van der Waals surface area (Å²) in [5, 5.41) is 10.7. The van der Waals surface area contributed by atoms with Gasteiger partial charge in [-0.05, 0) is 17.8 Å². The molecule has 0 aliphatic heterocycles. The van der Waals surface area contributed by atoms with E-state index in [4.69, 9.17) is 4.74 Å². The first-order chi connectivity index (χ1) is 7.41. The predicted molar refractivity (Wildman–Crippen MR) is 56.2 cm³/mol. The van der Waals surface area contributed by atoms with Crippen LogP contribution in [0, 0.1) is 17.3 Å². The van der Waals surface area contributed by atoms with Gasteiger partial charge in [0, 0.05) is 18.0 Å². The molecule has 0 spiro atoms. The van der Waals surface area contributed by atoms with E-state index < -0.39 is 17.9 Å². The molecule has 0 heterocycles. The number of allylic oxidation sites excluding steroid dienone is 1. The van der Waals surface area contributed by atoms with E-state index in [9.17, 15) is 14.7 Å². The van der Waals surface area contributed by atoms with Gasteiger partial charge in [-0.25, -0.2) is 4.79 Å². The number of esters is 1. The molecular weight excluding hydrogens is 208 g/mol. The number of carbonyl (C=O) groups excluding carboxylic acids is 2. The fourth-order valence-corrected chi connectivity index (χ4v) is 1.92. The highest BCUT2D eigenvalue weighted by Gasteiger charge is 2.56. The molecule has 0 radical (unpaired) electrons. The van der Waals surface area contributed by atoms with Gasteiger partial charge in [-0.3, -0.25) is 0 Å². The van der Waals surface area contributed by atoms with Crippen LogP contribution in [-0.2, 0) is 14.3 Å². The molecule has 1 aliphatic carbocycles. The molecule has 1 fully saturated rings. The highest BCUT2D eigenvalue weighted by Crippen LogP contribution is 2.58. The van der Waals surface area contributed by atoms with Crippen LogP contribution in [0.4, 0.5) is 0 Å². The van der Waals surface area contributed by atoms with Crippen molar-refractivity contribution in [2.75, 3.05) is 6.61 Å². The van der Waals surface area contributed by atoms with E-state index in [1.165, 1.54) is 6.08 Å². The van der Waals surface area contributed by atoms with Gasteiger partial charge in [0.15, 0.2) is 0 Å². The maximum atomic E-state index is 11.1. The zero-order valence-corrected chi connectivity index (χ0v) is 9.86. The van der Waals surface area contributed by atoms with Crippen LogP contribution in [0.1, 0.15) is 27.2 Å². The van der Waals surface area contributed by atoms with Gasteiger partial charge in [-0.1, -0.05) is 26.8 Å². The normalized spacial score (nSPS) is 26.7. The Morgan fingerprint density at radius 3 is 2.50 bits per heavy atom. The molecule has 0 aromatic rings. The molecule has 0 aromatic carbocycles. The maximum absolute atomic E-state index is 11.1. The standard InChI is InChI=1S/C12H18O4/c1-4-7-16-9(13)6-5-8-10(11(14)15)12(8,2)3/h5-6,8,10H,4,7H2,1-3H3,(H,14,15)/p-1/b6-5+. The average Bonchev–Trinajstić information content (AvgIpc) is 2.74. The van der Waals surface area contributed by atoms with E-state index in [2.05, 4.69) is 0 Å². The van der Waals surface area contributed by atoms with Crippen LogP contribution in [0.15, 0.2) is 12.2 Å². The Morgan fingerprint density at radius 2 is 2.06 bits per heavy atom. The molecule has 4 heteroatoms. The van der Waals surface area contributed by atoms with Crippen molar-refractivity contribution in [3.05, 3.63) is 12.2 Å². The highest BCUT2D eigenvalue weighted by molar-refractivity contribution is 5.82. The third-order valence-electron chi connectivity index (χ3n) is 3.05. The third-order valence-corrected chi connectivity index (χ3v) is 3.05. The van der Waals surface area contributed by atoms with Gasteiger partial charge in [-0.15, -0.1) is 0 Å². The van der Waals surface area contributed by atoms with E-state index >= 15 is 0 Å². The van der Waals surface area contributed by atoms with Gasteiger partial charge >= 0.3 is 5.97 Å². The van der Waals surface area contributed by atoms with E-state index in [1.807, 2.05) is 20.8 Å². The smallest absolute Gasteiger partial charge is 0.330 e. The number of hydrogen-bond donors (Lipinski definition) is 0. The van der Waals surface area contributed by atoms with Gasteiger partial charge in [0.2, 0.25) is 0 Å². The topological polar surface area (TPSA) is 66.4 Å². The van der Waals surface area contributed by atoms with Crippen LogP contribution in [0.2, 0.25) is 0 Å². The van der Waals surface area contributed by atoms with Crippen molar-refractivity contribution < 1.29 is 19.4 Å². The molecule has 16 heavy (non-hydrogen) atoms. The molecule has 2 atom stereocenters. The molecule has 0 N–H and O–H groups in total. The lowest BCUT2D eigenvalue weighted by Gasteiger charge is -2.01. The Morgan fingerprint density at radius 1 is 1.44 bits per heavy atom. The number of carboxylic acids is 1. The molecule has 0 amide bonds. The second-order valence-corrected chi connectivity index (χ2v) is 4.67. The summed E-state index contributed by atoms with van der Waals surface area (Å²) >= 11 is 0. The van der Waals surface area contributed by atoms with Crippen molar-refractivity contribution in [1.82, 2.24) is 0 Å². The summed E-state index contributed by atoms with van der Waals surface area (Å²) in [6.45, 7) is 5.99. The molecule has 1 saturated carbocycles. The molecule has 90 valence electrons. The van der Waals surface area contributed by atoms with Crippen LogP contribution in [-0.4, -0.2) is 18.5 Å². The van der Waals surface area contributed by atoms with Gasteiger partial charge in [0.1, 0.15) is 0 Å². The van der Waals surface area contributed by atoms with E-state index in [0.717, 1.165) is 6.42 Å². The van der Waals surface area contributed by atoms with Gasteiger partial charge in [0.05, 0.1) is 6.61 Å². The SMILES string of the molecule is CCCOC(=O)/C=C/C1C(C(=O)[O-])C1(C)C. The Hall–Kier alpha value is -1.32. The predicted octanol–water partition coefficient (Wildman–Crippen LogP) is 0.518. The summed E-state index contributed by atoms with van der Waals surface area (Å²) in [7, 11) is 0. The maximum Gasteiger partial charge on any atom is 0.330 e. The third kappa shape index (κ3) is 2.62. The van der Waals surface area contributed by atoms with Crippen molar-refractivity contribution in [1.29, 1.82) is 0 Å². The number of aliphatic carboxylic acids is 1. The quantitative estimate of drug-likeness (QED) is 0.505. The molecule has 1 aliphatic rings. The second kappa shape index (κ2) is 4.68. The number of carboxylic acid groups (broad SMARTS) is 1. The van der Waals surface area contributed by atoms with Gasteiger partial charge in [0.25, 0.3) is 0 Å². The molecular formula is C12H17O4-. The monoisotopic (exact) mass is 225 g/mol. The minimum atomic E-state index is -1.05. The Balaban J connectivity index is 2.47. The Bertz CT molecular complexity index is 317. The van der Waals surface area contributed by atoms with Gasteiger partial charge in [-0.2, -0.15) is 0 Å². The number of carbonyl (C=O) groups is 2. The van der Waals surface area contributed by atoms with Crippen LogP contribution < -0.4 is 5.11 Å². The highest BCUT2D eigenvalue weighted by atomic mass is 16.5. The Kier molecular flexibility index (Phi) is 3.73. The van der Waals surface area contributed by atoms with Gasteiger partial charge < -0.3 is 14.6 Å². The minimum absolute atomic E-state index is 0.133. The molecule has 1 rings (SSSR count). The number of hydrogen-bond acceptors (Lipinski definition) is 4. The lowest BCUT2D eigenvalue weighted by molar-refractivity contribution is -0.309. The van der Waals surface area contributed by atoms with E-state index in [-0.39, 0.29) is 11.3 Å². The molecule has 0 saturated heterocycles. The zero-order valence-electron chi connectivity index (χ0n) is 9.86. The Labute approximate surface area is 95.3 Å². The van der Waals surface area contributed by atoms with Crippen LogP contribution in [0.25, 0.3) is 0 Å². The summed E-state index contributed by atoms with van der Waals surface area (Å²) in [5.74, 6) is -2.10. The molecule has 4 nitrogen and oxygen atoms in total. The van der Waals surface area contributed by atoms with Crippen LogP contribution >= 0.6 is 0 Å². The summed E-state index contributed by atoms with van der Waals surface area (Å²) in [5.41, 5.74) is -0.319. The number of rotatable bonds is 5. The van der Waals surface area contributed by atoms with Crippen molar-refractivity contribution in [2.24, 2.45) is 17.3 Å². The molecule has 0 aromatic heterocycles. The fourth-order valence-electron chi connectivity index (χ4n) is 1.92. The van der Waals surface area contributed by atoms with Crippen molar-refractivity contribution >= 4 is 11.9 Å². The number of ether oxygens (including phenoxy) is 1. The van der Waals surface area contributed by atoms with E-state index in [1.54, 1.807) is 6.08 Å². The summed E-state index contributed by atoms with van der Waals surface area (Å²) in [6.07, 6.45) is 3.69. The van der Waals surface area contributed by atoms with Crippen molar-refractivity contribution in [3.8, 4) is 0 Å². The summed E-state index contributed by atoms with van der Waals surface area (Å²) in [4.78, 5) is 21.9. The lowest BCUT2D eigenvalue weighted by Crippen LogP contribution is -2.26. The second-order valence-electron chi connectivity index (χ2n) is 4.67. The minimum Gasteiger partial charge on any atom is -0.550 e. The van der Waals surface area contributed by atoms with Crippen LogP contribution in [0.5, 0.6) is 0 Å². The average molecular weight is 225 g/mol. The molecule has 0 bridgehead atoms. The first-order valence-corrected chi connectivity index (χ1v) is 5.47. The van der Waals surface area contributed by atoms with Crippen molar-refractivity contribution in [2.45, 2.75) is 27.2 Å².